The summed E-state index contributed by atoms with van der Waals surface area (Å²) in [5.41, 5.74) is 0.163. The molecule has 2 aliphatic rings. The number of ether oxygens (including phenoxy) is 1. The third kappa shape index (κ3) is 1.97. The predicted molar refractivity (Wildman–Crippen MR) is 61.2 cm³/mol. The quantitative estimate of drug-likeness (QED) is 0.787. The van der Waals surface area contributed by atoms with Crippen LogP contribution in [0.15, 0.2) is 0 Å². The molecule has 0 radical (unpaired) electrons. The predicted octanol–water partition coefficient (Wildman–Crippen LogP) is 2.69. The molecule has 3 heteroatoms. The summed E-state index contributed by atoms with van der Waals surface area (Å²) in [4.78, 5) is 11.3. The first kappa shape index (κ1) is 11.9. The summed E-state index contributed by atoms with van der Waals surface area (Å²) in [5.74, 6) is -1.03. The second-order valence-corrected chi connectivity index (χ2v) is 6.75. The Morgan fingerprint density at radius 3 is 2.25 bits per heavy atom. The summed E-state index contributed by atoms with van der Waals surface area (Å²) >= 11 is 0. The molecule has 0 aromatic heterocycles. The van der Waals surface area contributed by atoms with Crippen LogP contribution in [0.2, 0.25) is 0 Å². The maximum atomic E-state index is 11.3. The first-order chi connectivity index (χ1) is 7.24. The largest absolute Gasteiger partial charge is 0.481 e. The highest BCUT2D eigenvalue weighted by Crippen LogP contribution is 2.55. The monoisotopic (exact) mass is 226 g/mol. The van der Waals surface area contributed by atoms with E-state index in [1.807, 2.05) is 0 Å². The van der Waals surface area contributed by atoms with Gasteiger partial charge in [-0.1, -0.05) is 27.7 Å². The number of hydrogen-bond donors (Lipinski definition) is 1. The number of aliphatic carboxylic acids is 1. The number of carboxylic acid groups (broad SMARTS) is 1. The molecule has 16 heavy (non-hydrogen) atoms. The third-order valence-corrected chi connectivity index (χ3v) is 4.13. The van der Waals surface area contributed by atoms with Gasteiger partial charge in [0.2, 0.25) is 0 Å². The van der Waals surface area contributed by atoms with Crippen LogP contribution < -0.4 is 0 Å². The van der Waals surface area contributed by atoms with Crippen molar-refractivity contribution in [3.63, 3.8) is 0 Å². The fourth-order valence-electron chi connectivity index (χ4n) is 2.69. The SMILES string of the molecule is CC(C)(C)C1OC(C2(C)CC2)CC1C(=O)O. The lowest BCUT2D eigenvalue weighted by Crippen LogP contribution is -2.35. The normalized spacial score (nSPS) is 37.4. The van der Waals surface area contributed by atoms with E-state index in [4.69, 9.17) is 4.74 Å². The van der Waals surface area contributed by atoms with Crippen LogP contribution in [0.4, 0.5) is 0 Å². The van der Waals surface area contributed by atoms with Gasteiger partial charge >= 0.3 is 5.97 Å². The Bertz CT molecular complexity index is 299. The second kappa shape index (κ2) is 3.46. The van der Waals surface area contributed by atoms with Crippen molar-refractivity contribution >= 4 is 5.97 Å². The molecule has 2 fully saturated rings. The van der Waals surface area contributed by atoms with Gasteiger partial charge in [0.15, 0.2) is 0 Å². The highest BCUT2D eigenvalue weighted by atomic mass is 16.5. The van der Waals surface area contributed by atoms with Crippen molar-refractivity contribution in [3.8, 4) is 0 Å². The van der Waals surface area contributed by atoms with E-state index >= 15 is 0 Å². The maximum absolute atomic E-state index is 11.3. The van der Waals surface area contributed by atoms with E-state index in [1.54, 1.807) is 0 Å². The van der Waals surface area contributed by atoms with Crippen LogP contribution in [0.3, 0.4) is 0 Å². The summed E-state index contributed by atoms with van der Waals surface area (Å²) in [6.45, 7) is 8.39. The Balaban J connectivity index is 2.15. The lowest BCUT2D eigenvalue weighted by atomic mass is 9.80. The molecule has 1 aliphatic carbocycles. The van der Waals surface area contributed by atoms with Crippen molar-refractivity contribution in [2.75, 3.05) is 0 Å². The Kier molecular flexibility index (Phi) is 2.57. The highest BCUT2D eigenvalue weighted by molar-refractivity contribution is 5.71. The summed E-state index contributed by atoms with van der Waals surface area (Å²) in [5, 5.41) is 9.27. The molecule has 3 nitrogen and oxygen atoms in total. The van der Waals surface area contributed by atoms with Crippen LogP contribution in [0.1, 0.15) is 47.0 Å². The van der Waals surface area contributed by atoms with Gasteiger partial charge in [-0.2, -0.15) is 0 Å². The summed E-state index contributed by atoms with van der Waals surface area (Å²) in [6.07, 6.45) is 3.06. The molecular formula is C13H22O3. The molecular weight excluding hydrogens is 204 g/mol. The van der Waals surface area contributed by atoms with E-state index < -0.39 is 5.97 Å². The van der Waals surface area contributed by atoms with Crippen LogP contribution in [0.5, 0.6) is 0 Å². The van der Waals surface area contributed by atoms with Gasteiger partial charge in [0.05, 0.1) is 18.1 Å². The number of carboxylic acids is 1. The zero-order valence-corrected chi connectivity index (χ0v) is 10.6. The fraction of sp³-hybridized carbons (Fsp3) is 0.923. The summed E-state index contributed by atoms with van der Waals surface area (Å²) in [6, 6.07) is 0. The first-order valence-electron chi connectivity index (χ1n) is 6.12. The van der Waals surface area contributed by atoms with Crippen LogP contribution in [-0.2, 0) is 9.53 Å². The van der Waals surface area contributed by atoms with Crippen molar-refractivity contribution in [1.82, 2.24) is 0 Å². The van der Waals surface area contributed by atoms with Crippen molar-refractivity contribution in [3.05, 3.63) is 0 Å². The average Bonchev–Trinajstić information content (AvgIpc) is 2.73. The van der Waals surface area contributed by atoms with Crippen molar-refractivity contribution < 1.29 is 14.6 Å². The van der Waals surface area contributed by atoms with E-state index in [9.17, 15) is 9.90 Å². The minimum Gasteiger partial charge on any atom is -0.481 e. The zero-order valence-electron chi connectivity index (χ0n) is 10.6. The molecule has 0 aromatic carbocycles. The van der Waals surface area contributed by atoms with E-state index in [0.29, 0.717) is 6.42 Å². The van der Waals surface area contributed by atoms with Gasteiger partial charge in [-0.15, -0.1) is 0 Å². The molecule has 92 valence electrons. The number of rotatable bonds is 2. The third-order valence-electron chi connectivity index (χ3n) is 4.13. The van der Waals surface area contributed by atoms with Crippen molar-refractivity contribution in [2.24, 2.45) is 16.7 Å². The van der Waals surface area contributed by atoms with Gasteiger partial charge in [-0.05, 0) is 30.1 Å². The van der Waals surface area contributed by atoms with Gasteiger partial charge in [-0.25, -0.2) is 0 Å². The minimum atomic E-state index is -0.702. The Labute approximate surface area is 97.2 Å². The number of carbonyl (C=O) groups is 1. The minimum absolute atomic E-state index is 0.0942. The van der Waals surface area contributed by atoms with E-state index in [-0.39, 0.29) is 29.0 Å². The highest BCUT2D eigenvalue weighted by Gasteiger charge is 2.55. The summed E-state index contributed by atoms with van der Waals surface area (Å²) < 4.78 is 6.05. The maximum Gasteiger partial charge on any atom is 0.309 e. The van der Waals surface area contributed by atoms with E-state index in [2.05, 4.69) is 27.7 Å². The Morgan fingerprint density at radius 1 is 1.38 bits per heavy atom. The molecule has 2 rings (SSSR count). The molecule has 1 saturated heterocycles. The lowest BCUT2D eigenvalue weighted by molar-refractivity contribution is -0.146. The van der Waals surface area contributed by atoms with E-state index in [0.717, 1.165) is 0 Å². The molecule has 0 aromatic rings. The Hall–Kier alpha value is -0.570. The molecule has 1 N–H and O–H groups in total. The van der Waals surface area contributed by atoms with Crippen LogP contribution in [0.25, 0.3) is 0 Å². The lowest BCUT2D eigenvalue weighted by Gasteiger charge is -2.30. The molecule has 3 unspecified atom stereocenters. The van der Waals surface area contributed by atoms with Gasteiger partial charge in [-0.3, -0.25) is 4.79 Å². The molecule has 0 spiro atoms. The van der Waals surface area contributed by atoms with Crippen molar-refractivity contribution in [1.29, 1.82) is 0 Å². The van der Waals surface area contributed by atoms with Crippen LogP contribution >= 0.6 is 0 Å². The molecule has 1 aliphatic heterocycles. The van der Waals surface area contributed by atoms with Gasteiger partial charge in [0.25, 0.3) is 0 Å². The van der Waals surface area contributed by atoms with Gasteiger partial charge in [0, 0.05) is 0 Å². The van der Waals surface area contributed by atoms with Crippen LogP contribution in [-0.4, -0.2) is 23.3 Å². The standard InChI is InChI=1S/C13H22O3/c1-12(2,3)10-8(11(14)15)7-9(16-10)13(4)5-6-13/h8-10H,5-7H2,1-4H3,(H,14,15). The fourth-order valence-corrected chi connectivity index (χ4v) is 2.69. The number of hydrogen-bond acceptors (Lipinski definition) is 2. The molecule has 0 amide bonds. The Morgan fingerprint density at radius 2 is 1.94 bits per heavy atom. The first-order valence-corrected chi connectivity index (χ1v) is 6.12. The van der Waals surface area contributed by atoms with Crippen LogP contribution in [0, 0.1) is 16.7 Å². The zero-order chi connectivity index (χ0) is 12.1. The molecule has 1 saturated carbocycles. The molecule has 0 bridgehead atoms. The molecule has 3 atom stereocenters. The van der Waals surface area contributed by atoms with E-state index in [1.165, 1.54) is 12.8 Å². The average molecular weight is 226 g/mol. The van der Waals surface area contributed by atoms with Gasteiger partial charge < -0.3 is 9.84 Å². The smallest absolute Gasteiger partial charge is 0.309 e. The topological polar surface area (TPSA) is 46.5 Å². The summed E-state index contributed by atoms with van der Waals surface area (Å²) in [7, 11) is 0. The molecule has 1 heterocycles. The van der Waals surface area contributed by atoms with Crippen molar-refractivity contribution in [2.45, 2.75) is 59.2 Å². The second-order valence-electron chi connectivity index (χ2n) is 6.75. The van der Waals surface area contributed by atoms with Gasteiger partial charge in [0.1, 0.15) is 0 Å².